The summed E-state index contributed by atoms with van der Waals surface area (Å²) in [6, 6.07) is 18.5. The predicted molar refractivity (Wildman–Crippen MR) is 130 cm³/mol. The predicted octanol–water partition coefficient (Wildman–Crippen LogP) is 2.38. The van der Waals surface area contributed by atoms with Gasteiger partial charge >= 0.3 is 0 Å². The lowest BCUT2D eigenvalue weighted by molar-refractivity contribution is -0.153. The molecule has 6 rings (SSSR count). The molecule has 3 aliphatic rings. The van der Waals surface area contributed by atoms with Gasteiger partial charge in [-0.05, 0) is 54.6 Å². The number of aliphatic hydroxyl groups is 1. The Morgan fingerprint density at radius 3 is 2.71 bits per heavy atom. The molecule has 6 heteroatoms. The molecule has 0 saturated carbocycles. The van der Waals surface area contributed by atoms with Crippen LogP contribution in [-0.2, 0) is 31.2 Å². The Balaban J connectivity index is 1.52. The minimum Gasteiger partial charge on any atom is -0.387 e. The van der Waals surface area contributed by atoms with Gasteiger partial charge in [0.1, 0.15) is 5.56 Å². The van der Waals surface area contributed by atoms with Crippen LogP contribution >= 0.6 is 0 Å². The molecule has 1 amide bonds. The SMILES string of the molecule is Cc1ccc2c(c1)[C@]13CCN(Cc4ccccc4)[C@H](C2)[C@]1(O)Cc1cc(C(N)=O)c(=O)[nH]c1C3. The number of carbonyl (C=O) groups excluding carboxylic acids is 1. The lowest BCUT2D eigenvalue weighted by Gasteiger charge is -2.63. The molecule has 2 aliphatic carbocycles. The number of piperidine rings is 1. The van der Waals surface area contributed by atoms with Gasteiger partial charge in [0.25, 0.3) is 11.5 Å². The van der Waals surface area contributed by atoms with Crippen LogP contribution in [-0.4, -0.2) is 39.1 Å². The minimum atomic E-state index is -1.03. The summed E-state index contributed by atoms with van der Waals surface area (Å²) in [5, 5.41) is 12.6. The Hall–Kier alpha value is -3.22. The first kappa shape index (κ1) is 21.3. The van der Waals surface area contributed by atoms with E-state index in [1.54, 1.807) is 6.07 Å². The van der Waals surface area contributed by atoms with E-state index in [1.165, 1.54) is 22.3 Å². The molecule has 34 heavy (non-hydrogen) atoms. The smallest absolute Gasteiger partial charge is 0.261 e. The van der Waals surface area contributed by atoms with Crippen molar-refractivity contribution in [2.45, 2.75) is 56.2 Å². The van der Waals surface area contributed by atoms with E-state index in [0.717, 1.165) is 37.2 Å². The third-order valence-electron chi connectivity index (χ3n) is 8.49. The summed E-state index contributed by atoms with van der Waals surface area (Å²) >= 11 is 0. The first-order valence-corrected chi connectivity index (χ1v) is 12.0. The molecule has 6 nitrogen and oxygen atoms in total. The fourth-order valence-corrected chi connectivity index (χ4v) is 6.85. The number of amides is 1. The minimum absolute atomic E-state index is 0.0448. The Morgan fingerprint density at radius 2 is 1.94 bits per heavy atom. The van der Waals surface area contributed by atoms with E-state index in [4.69, 9.17) is 5.73 Å². The lowest BCUT2D eigenvalue weighted by Crippen LogP contribution is -2.74. The summed E-state index contributed by atoms with van der Waals surface area (Å²) in [6.45, 7) is 3.73. The van der Waals surface area contributed by atoms with Crippen LogP contribution in [0.5, 0.6) is 0 Å². The van der Waals surface area contributed by atoms with Gasteiger partial charge in [0.15, 0.2) is 0 Å². The van der Waals surface area contributed by atoms with Gasteiger partial charge < -0.3 is 15.8 Å². The van der Waals surface area contributed by atoms with E-state index in [0.29, 0.717) is 12.8 Å². The molecule has 3 atom stereocenters. The van der Waals surface area contributed by atoms with E-state index < -0.39 is 22.5 Å². The van der Waals surface area contributed by atoms with E-state index in [-0.39, 0.29) is 11.6 Å². The molecule has 2 heterocycles. The number of aromatic nitrogens is 1. The van der Waals surface area contributed by atoms with Gasteiger partial charge in [-0.1, -0.05) is 54.1 Å². The van der Waals surface area contributed by atoms with Crippen LogP contribution in [0, 0.1) is 6.92 Å². The van der Waals surface area contributed by atoms with Gasteiger partial charge in [-0.15, -0.1) is 0 Å². The quantitative estimate of drug-likeness (QED) is 0.565. The van der Waals surface area contributed by atoms with E-state index in [9.17, 15) is 14.7 Å². The van der Waals surface area contributed by atoms with Gasteiger partial charge in [0, 0.05) is 36.5 Å². The number of carbonyl (C=O) groups is 1. The van der Waals surface area contributed by atoms with Crippen molar-refractivity contribution >= 4 is 5.91 Å². The van der Waals surface area contributed by atoms with Crippen LogP contribution in [0.4, 0.5) is 0 Å². The maximum absolute atomic E-state index is 12.6. The molecule has 0 spiro atoms. The highest BCUT2D eigenvalue weighted by Crippen LogP contribution is 2.56. The Kier molecular flexibility index (Phi) is 4.63. The van der Waals surface area contributed by atoms with Crippen LogP contribution in [0.1, 0.15) is 50.3 Å². The van der Waals surface area contributed by atoms with Crippen molar-refractivity contribution in [3.8, 4) is 0 Å². The molecule has 174 valence electrons. The summed E-state index contributed by atoms with van der Waals surface area (Å²) in [5.74, 6) is -0.744. The lowest BCUT2D eigenvalue weighted by atomic mass is 9.49. The van der Waals surface area contributed by atoms with Crippen molar-refractivity contribution in [2.75, 3.05) is 6.54 Å². The summed E-state index contributed by atoms with van der Waals surface area (Å²) in [4.78, 5) is 29.8. The highest BCUT2D eigenvalue weighted by atomic mass is 16.3. The largest absolute Gasteiger partial charge is 0.387 e. The van der Waals surface area contributed by atoms with Crippen molar-refractivity contribution in [1.82, 2.24) is 9.88 Å². The number of nitrogens with two attached hydrogens (primary N) is 1. The van der Waals surface area contributed by atoms with Gasteiger partial charge in [-0.25, -0.2) is 0 Å². The fourth-order valence-electron chi connectivity index (χ4n) is 6.85. The van der Waals surface area contributed by atoms with Gasteiger partial charge in [0.2, 0.25) is 0 Å². The molecular formula is C28H29N3O3. The zero-order valence-corrected chi connectivity index (χ0v) is 19.3. The highest BCUT2D eigenvalue weighted by molar-refractivity contribution is 5.92. The standard InChI is InChI=1S/C28H29N3O3/c1-17-7-8-19-13-24-28(34)14-20-12-21(25(29)32)26(33)30-23(20)15-27(28,22(19)11-17)9-10-31(24)16-18-5-3-2-4-6-18/h2-8,11-12,24,34H,9-10,13-16H2,1H3,(H2,29,32)(H,30,33)/t24-,27-,28-/m1/s1. The average Bonchev–Trinajstić information content (AvgIpc) is 2.80. The monoisotopic (exact) mass is 455 g/mol. The molecular weight excluding hydrogens is 426 g/mol. The van der Waals surface area contributed by atoms with Gasteiger partial charge in [0.05, 0.1) is 5.60 Å². The summed E-state index contributed by atoms with van der Waals surface area (Å²) in [6.07, 6.45) is 2.48. The second kappa shape index (κ2) is 7.39. The second-order valence-corrected chi connectivity index (χ2v) is 10.3. The maximum Gasteiger partial charge on any atom is 0.261 e. The number of primary amides is 1. The van der Waals surface area contributed by atoms with Crippen molar-refractivity contribution in [3.05, 3.63) is 104 Å². The number of H-pyrrole nitrogens is 1. The Bertz CT molecular complexity index is 1370. The molecule has 0 unspecified atom stereocenters. The molecule has 0 radical (unpaired) electrons. The number of aromatic amines is 1. The van der Waals surface area contributed by atoms with Crippen LogP contribution in [0.25, 0.3) is 0 Å². The van der Waals surface area contributed by atoms with Crippen LogP contribution in [0.15, 0.2) is 59.4 Å². The molecule has 4 N–H and O–H groups in total. The molecule has 2 bridgehead atoms. The summed E-state index contributed by atoms with van der Waals surface area (Å²) in [7, 11) is 0. The summed E-state index contributed by atoms with van der Waals surface area (Å²) in [5.41, 5.74) is 9.95. The number of hydrogen-bond donors (Lipinski definition) is 3. The number of benzene rings is 2. The number of fused-ring (bicyclic) bond motifs is 2. The number of hydrogen-bond acceptors (Lipinski definition) is 4. The number of likely N-dealkylation sites (tertiary alicyclic amines) is 1. The van der Waals surface area contributed by atoms with E-state index in [1.807, 2.05) is 6.07 Å². The molecule has 1 aliphatic heterocycles. The maximum atomic E-state index is 12.6. The first-order chi connectivity index (χ1) is 16.3. The van der Waals surface area contributed by atoms with Crippen molar-refractivity contribution in [3.63, 3.8) is 0 Å². The normalized spacial score (nSPS) is 27.4. The van der Waals surface area contributed by atoms with Gasteiger partial charge in [-0.3, -0.25) is 14.5 Å². The zero-order valence-electron chi connectivity index (χ0n) is 19.3. The van der Waals surface area contributed by atoms with Crippen molar-refractivity contribution in [2.24, 2.45) is 5.73 Å². The molecule has 1 aromatic heterocycles. The fraction of sp³-hybridized carbons (Fsp3) is 0.357. The third-order valence-corrected chi connectivity index (χ3v) is 8.49. The second-order valence-electron chi connectivity index (χ2n) is 10.3. The number of rotatable bonds is 3. The average molecular weight is 456 g/mol. The molecule has 1 fully saturated rings. The molecule has 2 aromatic carbocycles. The van der Waals surface area contributed by atoms with Crippen molar-refractivity contribution in [1.29, 1.82) is 0 Å². The van der Waals surface area contributed by atoms with Crippen LogP contribution in [0.2, 0.25) is 0 Å². The number of nitrogens with one attached hydrogen (secondary N) is 1. The topological polar surface area (TPSA) is 99.4 Å². The van der Waals surface area contributed by atoms with Gasteiger partial charge in [-0.2, -0.15) is 0 Å². The Morgan fingerprint density at radius 1 is 1.15 bits per heavy atom. The van der Waals surface area contributed by atoms with Crippen LogP contribution in [0.3, 0.4) is 0 Å². The van der Waals surface area contributed by atoms with Crippen LogP contribution < -0.4 is 11.3 Å². The number of nitrogens with zero attached hydrogens (tertiary/aromatic N) is 1. The highest BCUT2D eigenvalue weighted by Gasteiger charge is 2.64. The molecule has 3 aromatic rings. The number of pyridine rings is 1. The third kappa shape index (κ3) is 2.95. The molecule has 1 saturated heterocycles. The van der Waals surface area contributed by atoms with E-state index in [2.05, 4.69) is 59.3 Å². The van der Waals surface area contributed by atoms with Crippen molar-refractivity contribution < 1.29 is 9.90 Å². The summed E-state index contributed by atoms with van der Waals surface area (Å²) < 4.78 is 0. The van der Waals surface area contributed by atoms with E-state index >= 15 is 0 Å². The zero-order chi connectivity index (χ0) is 23.7. The Labute approximate surface area is 198 Å². The number of aryl methyl sites for hydroxylation is 1. The first-order valence-electron chi connectivity index (χ1n) is 12.0.